The highest BCUT2D eigenvalue weighted by Gasteiger charge is 2.66. The molecule has 0 bridgehead atoms. The Morgan fingerprint density at radius 2 is 1.78 bits per heavy atom. The van der Waals surface area contributed by atoms with Crippen LogP contribution in [0.4, 0.5) is 0 Å². The van der Waals surface area contributed by atoms with Gasteiger partial charge in [-0.2, -0.15) is 0 Å². The van der Waals surface area contributed by atoms with E-state index in [1.807, 2.05) is 18.2 Å². The van der Waals surface area contributed by atoms with Crippen LogP contribution in [0, 0.1) is 22.7 Å². The third kappa shape index (κ3) is 4.44. The number of carbonyl (C=O) groups is 1. The molecular formula is C33H47NO7. The van der Waals surface area contributed by atoms with Crippen LogP contribution in [0.5, 0.6) is 0 Å². The van der Waals surface area contributed by atoms with Crippen molar-refractivity contribution in [2.75, 3.05) is 7.05 Å². The Morgan fingerprint density at radius 3 is 2.54 bits per heavy atom. The normalized spacial score (nSPS) is 47.5. The monoisotopic (exact) mass is 569 g/mol. The summed E-state index contributed by atoms with van der Waals surface area (Å²) in [5, 5.41) is 46.0. The number of hydrogen-bond donors (Lipinski definition) is 5. The number of carbonyl (C=O) groups excluding carboxylic acids is 1. The Bertz CT molecular complexity index is 1200. The van der Waals surface area contributed by atoms with E-state index in [0.717, 1.165) is 56.9 Å². The molecule has 1 saturated heterocycles. The number of fused-ring (bicyclic) bond motifs is 5. The Labute approximate surface area is 243 Å². The summed E-state index contributed by atoms with van der Waals surface area (Å²) in [5.41, 5.74) is 2.17. The number of amides is 1. The second-order valence-electron chi connectivity index (χ2n) is 13.9. The highest BCUT2D eigenvalue weighted by molar-refractivity contribution is 5.94. The van der Waals surface area contributed by atoms with Gasteiger partial charge in [-0.25, -0.2) is 0 Å². The fourth-order valence-corrected chi connectivity index (χ4v) is 9.65. The van der Waals surface area contributed by atoms with Gasteiger partial charge in [0.25, 0.3) is 5.91 Å². The van der Waals surface area contributed by atoms with Crippen molar-refractivity contribution in [1.29, 1.82) is 0 Å². The molecule has 41 heavy (non-hydrogen) atoms. The first kappa shape index (κ1) is 29.3. The molecule has 0 aromatic heterocycles. The summed E-state index contributed by atoms with van der Waals surface area (Å²) in [7, 11) is 1.65. The lowest BCUT2D eigenvalue weighted by molar-refractivity contribution is -0.301. The maximum absolute atomic E-state index is 12.6. The van der Waals surface area contributed by atoms with Crippen LogP contribution in [0.25, 0.3) is 0 Å². The van der Waals surface area contributed by atoms with Gasteiger partial charge >= 0.3 is 0 Å². The Hall–Kier alpha value is -1.81. The number of allylic oxidation sites excluding steroid dienone is 1. The minimum Gasteiger partial charge on any atom is -0.389 e. The van der Waals surface area contributed by atoms with Crippen molar-refractivity contribution in [2.45, 2.75) is 120 Å². The zero-order valence-electron chi connectivity index (χ0n) is 24.8. The van der Waals surface area contributed by atoms with Crippen molar-refractivity contribution in [2.24, 2.45) is 22.7 Å². The van der Waals surface area contributed by atoms with Gasteiger partial charge in [0.05, 0.1) is 17.8 Å². The average Bonchev–Trinajstić information content (AvgIpc) is 3.25. The largest absolute Gasteiger partial charge is 0.389 e. The second kappa shape index (κ2) is 10.4. The van der Waals surface area contributed by atoms with Gasteiger partial charge in [0.1, 0.15) is 18.3 Å². The molecule has 0 radical (unpaired) electrons. The lowest BCUT2D eigenvalue weighted by atomic mass is 9.45. The standard InChI is InChI=1S/C33H47NO7/c1-18-26(35)27(36)28(37)30(40-18)41-22-10-13-31(2)21(17-22)8-9-25-24(31)11-14-32(3)23(12-15-33(25,32)39)19-6-5-7-20(16-19)29(38)34-4/h5-7,16-18,22-28,30,35-37,39H,8-15H2,1-4H3,(H,34,38)/t18-,22-,23+,24-,25+,26-,27+,28+,30-,31-,32+,33-/m0/s1. The van der Waals surface area contributed by atoms with Crippen LogP contribution in [0.1, 0.15) is 94.0 Å². The van der Waals surface area contributed by atoms with Crippen molar-refractivity contribution in [3.63, 3.8) is 0 Å². The number of ether oxygens (including phenoxy) is 2. The summed E-state index contributed by atoms with van der Waals surface area (Å²) in [6, 6.07) is 7.96. The van der Waals surface area contributed by atoms with Crippen molar-refractivity contribution >= 4 is 5.91 Å². The Morgan fingerprint density at radius 1 is 1.00 bits per heavy atom. The van der Waals surface area contributed by atoms with E-state index in [9.17, 15) is 25.2 Å². The van der Waals surface area contributed by atoms with Gasteiger partial charge in [-0.3, -0.25) is 4.79 Å². The van der Waals surface area contributed by atoms with Crippen LogP contribution in [-0.2, 0) is 9.47 Å². The van der Waals surface area contributed by atoms with Crippen LogP contribution in [0.15, 0.2) is 35.9 Å². The predicted octanol–water partition coefficient (Wildman–Crippen LogP) is 3.42. The summed E-state index contributed by atoms with van der Waals surface area (Å²) >= 11 is 0. The summed E-state index contributed by atoms with van der Waals surface area (Å²) in [6.07, 6.45) is 3.84. The summed E-state index contributed by atoms with van der Waals surface area (Å²) in [5.74, 6) is 0.728. The highest BCUT2D eigenvalue weighted by atomic mass is 16.7. The number of benzene rings is 1. The molecule has 3 saturated carbocycles. The van der Waals surface area contributed by atoms with Gasteiger partial charge in [-0.1, -0.05) is 37.6 Å². The Kier molecular flexibility index (Phi) is 7.44. The first-order valence-corrected chi connectivity index (χ1v) is 15.5. The van der Waals surface area contributed by atoms with Crippen molar-refractivity contribution < 1.29 is 34.7 Å². The molecule has 1 amide bonds. The molecule has 4 fully saturated rings. The van der Waals surface area contributed by atoms with Crippen LogP contribution in [-0.4, -0.2) is 75.8 Å². The molecule has 4 aliphatic carbocycles. The molecule has 226 valence electrons. The van der Waals surface area contributed by atoms with E-state index in [4.69, 9.17) is 9.47 Å². The molecule has 6 rings (SSSR count). The molecular weight excluding hydrogens is 522 g/mol. The van der Waals surface area contributed by atoms with Gasteiger partial charge in [-0.05, 0) is 99.2 Å². The number of rotatable bonds is 4. The van der Waals surface area contributed by atoms with Gasteiger partial charge < -0.3 is 35.2 Å². The second-order valence-corrected chi connectivity index (χ2v) is 13.9. The maximum Gasteiger partial charge on any atom is 0.251 e. The predicted molar refractivity (Wildman–Crippen MR) is 153 cm³/mol. The molecule has 1 aromatic rings. The molecule has 12 atom stereocenters. The number of nitrogens with one attached hydrogen (secondary N) is 1. The molecule has 8 nitrogen and oxygen atoms in total. The van der Waals surface area contributed by atoms with E-state index in [1.54, 1.807) is 14.0 Å². The Balaban J connectivity index is 1.21. The molecule has 8 heteroatoms. The molecule has 1 heterocycles. The first-order chi connectivity index (χ1) is 19.4. The molecule has 5 N–H and O–H groups in total. The summed E-state index contributed by atoms with van der Waals surface area (Å²) in [6.45, 7) is 6.32. The molecule has 1 aliphatic heterocycles. The van der Waals surface area contributed by atoms with Crippen molar-refractivity contribution in [3.05, 3.63) is 47.0 Å². The van der Waals surface area contributed by atoms with E-state index in [-0.39, 0.29) is 34.7 Å². The van der Waals surface area contributed by atoms with Crippen LogP contribution in [0.2, 0.25) is 0 Å². The smallest absolute Gasteiger partial charge is 0.251 e. The van der Waals surface area contributed by atoms with E-state index < -0.39 is 36.3 Å². The summed E-state index contributed by atoms with van der Waals surface area (Å²) < 4.78 is 11.9. The third-order valence-corrected chi connectivity index (χ3v) is 12.2. The molecule has 0 spiro atoms. The van der Waals surface area contributed by atoms with Crippen LogP contribution >= 0.6 is 0 Å². The van der Waals surface area contributed by atoms with Gasteiger partial charge in [-0.15, -0.1) is 0 Å². The lowest BCUT2D eigenvalue weighted by Crippen LogP contribution is -2.60. The maximum atomic E-state index is 12.6. The van der Waals surface area contributed by atoms with E-state index in [0.29, 0.717) is 11.5 Å². The minimum absolute atomic E-state index is 0.0217. The quantitative estimate of drug-likeness (QED) is 0.352. The molecule has 0 unspecified atom stereocenters. The van der Waals surface area contributed by atoms with E-state index >= 15 is 0 Å². The van der Waals surface area contributed by atoms with Crippen LogP contribution < -0.4 is 5.32 Å². The summed E-state index contributed by atoms with van der Waals surface area (Å²) in [4.78, 5) is 12.3. The van der Waals surface area contributed by atoms with Gasteiger partial charge in [0, 0.05) is 18.0 Å². The SMILES string of the molecule is CNC(=O)c1cccc([C@H]2CC[C@]3(O)[C@@H]4CCC5=C[C@@H](O[C@@H]6O[C@@H](C)[C@H](O)[C@@H](O)[C@H]6O)CC[C@]5(C)[C@H]4CC[C@]23C)c1. The van der Waals surface area contributed by atoms with Crippen molar-refractivity contribution in [3.8, 4) is 0 Å². The number of hydrogen-bond acceptors (Lipinski definition) is 7. The highest BCUT2D eigenvalue weighted by Crippen LogP contribution is 2.70. The van der Waals surface area contributed by atoms with E-state index in [1.165, 1.54) is 5.57 Å². The minimum atomic E-state index is -1.31. The lowest BCUT2D eigenvalue weighted by Gasteiger charge is -2.62. The molecule has 1 aromatic carbocycles. The zero-order valence-corrected chi connectivity index (χ0v) is 24.8. The fraction of sp³-hybridized carbons (Fsp3) is 0.727. The topological polar surface area (TPSA) is 128 Å². The third-order valence-electron chi connectivity index (χ3n) is 12.2. The number of aliphatic hydroxyl groups excluding tert-OH is 3. The zero-order chi connectivity index (χ0) is 29.3. The van der Waals surface area contributed by atoms with Crippen LogP contribution in [0.3, 0.4) is 0 Å². The number of aliphatic hydroxyl groups is 4. The van der Waals surface area contributed by atoms with Gasteiger partial charge in [0.15, 0.2) is 6.29 Å². The van der Waals surface area contributed by atoms with Gasteiger partial charge in [0.2, 0.25) is 0 Å². The fourth-order valence-electron chi connectivity index (χ4n) is 9.65. The van der Waals surface area contributed by atoms with Crippen molar-refractivity contribution in [1.82, 2.24) is 5.32 Å². The molecule has 5 aliphatic rings. The van der Waals surface area contributed by atoms with E-state index in [2.05, 4.69) is 31.3 Å². The first-order valence-electron chi connectivity index (χ1n) is 15.5. The average molecular weight is 570 g/mol.